The first kappa shape index (κ1) is 12.0. The Morgan fingerprint density at radius 1 is 1.05 bits per heavy atom. The van der Waals surface area contributed by atoms with Crippen LogP contribution in [0.15, 0.2) is 47.5 Å². The van der Waals surface area contributed by atoms with Gasteiger partial charge in [0.05, 0.1) is 0 Å². The molecule has 0 aliphatic heterocycles. The molecule has 96 valence electrons. The van der Waals surface area contributed by atoms with E-state index in [-0.39, 0.29) is 0 Å². The fraction of sp³-hybridized carbons (Fsp3) is 0.235. The van der Waals surface area contributed by atoms with E-state index in [4.69, 9.17) is 0 Å². The summed E-state index contributed by atoms with van der Waals surface area (Å²) < 4.78 is 2.37. The van der Waals surface area contributed by atoms with Crippen molar-refractivity contribution >= 4 is 27.5 Å². The first-order valence-electron chi connectivity index (χ1n) is 6.71. The molecule has 3 aromatic rings. The van der Waals surface area contributed by atoms with Crippen LogP contribution in [0.25, 0.3) is 21.8 Å². The van der Waals surface area contributed by atoms with Crippen LogP contribution in [0.5, 0.6) is 0 Å². The van der Waals surface area contributed by atoms with Crippen molar-refractivity contribution in [3.05, 3.63) is 48.0 Å². The summed E-state index contributed by atoms with van der Waals surface area (Å²) in [6.07, 6.45) is 0. The van der Waals surface area contributed by atoms with Crippen molar-refractivity contribution in [1.82, 2.24) is 4.57 Å². The van der Waals surface area contributed by atoms with Gasteiger partial charge in [0, 0.05) is 41.1 Å². The van der Waals surface area contributed by atoms with E-state index >= 15 is 0 Å². The summed E-state index contributed by atoms with van der Waals surface area (Å²) in [4.78, 5) is 4.28. The summed E-state index contributed by atoms with van der Waals surface area (Å²) in [6, 6.07) is 15.2. The third-order valence-corrected chi connectivity index (χ3v) is 3.84. The molecule has 0 saturated heterocycles. The van der Waals surface area contributed by atoms with Crippen LogP contribution < -0.4 is 0 Å². The minimum absolute atomic E-state index is 0.990. The van der Waals surface area contributed by atoms with Gasteiger partial charge in [0.25, 0.3) is 0 Å². The molecule has 2 nitrogen and oxygen atoms in total. The van der Waals surface area contributed by atoms with Gasteiger partial charge >= 0.3 is 0 Å². The summed E-state index contributed by atoms with van der Waals surface area (Å²) in [5.41, 5.74) is 4.89. The molecule has 0 unspecified atom stereocenters. The SMILES string of the molecule is CCn1c2ccccc2c2cc(C(C)=NC)ccc21. The molecule has 0 N–H and O–H groups in total. The van der Waals surface area contributed by atoms with Gasteiger partial charge in [-0.1, -0.05) is 24.3 Å². The Labute approximate surface area is 113 Å². The Morgan fingerprint density at radius 3 is 2.53 bits per heavy atom. The maximum atomic E-state index is 4.28. The third kappa shape index (κ3) is 1.75. The zero-order valence-corrected chi connectivity index (χ0v) is 11.6. The van der Waals surface area contributed by atoms with Crippen LogP contribution in [0, 0.1) is 0 Å². The van der Waals surface area contributed by atoms with Gasteiger partial charge < -0.3 is 4.57 Å². The van der Waals surface area contributed by atoms with Crippen LogP contribution in [0.2, 0.25) is 0 Å². The number of hydrogen-bond donors (Lipinski definition) is 0. The number of rotatable bonds is 2. The lowest BCUT2D eigenvalue weighted by atomic mass is 10.1. The average Bonchev–Trinajstić information content (AvgIpc) is 2.79. The molecule has 0 amide bonds. The highest BCUT2D eigenvalue weighted by Crippen LogP contribution is 2.29. The topological polar surface area (TPSA) is 17.3 Å². The number of aliphatic imine (C=N–C) groups is 1. The molecule has 1 heterocycles. The largest absolute Gasteiger partial charge is 0.341 e. The lowest BCUT2D eigenvalue weighted by Gasteiger charge is -2.04. The molecular formula is C17H18N2. The predicted molar refractivity (Wildman–Crippen MR) is 83.3 cm³/mol. The Hall–Kier alpha value is -2.09. The van der Waals surface area contributed by atoms with E-state index in [1.165, 1.54) is 27.4 Å². The van der Waals surface area contributed by atoms with E-state index < -0.39 is 0 Å². The normalized spacial score (nSPS) is 12.5. The van der Waals surface area contributed by atoms with Crippen molar-refractivity contribution in [2.45, 2.75) is 20.4 Å². The molecular weight excluding hydrogens is 232 g/mol. The minimum atomic E-state index is 0.990. The molecule has 0 bridgehead atoms. The quantitative estimate of drug-likeness (QED) is 0.605. The van der Waals surface area contributed by atoms with Crippen molar-refractivity contribution in [1.29, 1.82) is 0 Å². The molecule has 3 rings (SSSR count). The van der Waals surface area contributed by atoms with Gasteiger partial charge in [-0.3, -0.25) is 4.99 Å². The van der Waals surface area contributed by atoms with Gasteiger partial charge in [-0.15, -0.1) is 0 Å². The Kier molecular flexibility index (Phi) is 2.86. The first-order chi connectivity index (χ1) is 9.26. The van der Waals surface area contributed by atoms with Crippen LogP contribution >= 0.6 is 0 Å². The van der Waals surface area contributed by atoms with Gasteiger partial charge in [-0.05, 0) is 37.6 Å². The molecule has 0 atom stereocenters. The number of para-hydroxylation sites is 1. The maximum absolute atomic E-state index is 4.28. The zero-order chi connectivity index (χ0) is 13.4. The molecule has 0 aliphatic carbocycles. The van der Waals surface area contributed by atoms with E-state index in [1.54, 1.807) is 0 Å². The first-order valence-corrected chi connectivity index (χ1v) is 6.71. The molecule has 19 heavy (non-hydrogen) atoms. The van der Waals surface area contributed by atoms with Crippen LogP contribution in [0.4, 0.5) is 0 Å². The van der Waals surface area contributed by atoms with E-state index in [2.05, 4.69) is 65.9 Å². The Balaban J connectivity index is 2.43. The number of nitrogens with zero attached hydrogens (tertiary/aromatic N) is 2. The summed E-state index contributed by atoms with van der Waals surface area (Å²) in [6.45, 7) is 5.24. The van der Waals surface area contributed by atoms with Crippen LogP contribution in [0.1, 0.15) is 19.4 Å². The lowest BCUT2D eigenvalue weighted by Crippen LogP contribution is -1.95. The fourth-order valence-electron chi connectivity index (χ4n) is 2.75. The number of benzene rings is 2. The number of hydrogen-bond acceptors (Lipinski definition) is 1. The maximum Gasteiger partial charge on any atom is 0.0491 e. The van der Waals surface area contributed by atoms with E-state index in [0.717, 1.165) is 12.3 Å². The standard InChI is InChI=1S/C17H18N2/c1-4-19-16-8-6-5-7-14(16)15-11-13(12(2)18-3)9-10-17(15)19/h5-11H,4H2,1-3H3. The summed E-state index contributed by atoms with van der Waals surface area (Å²) in [5.74, 6) is 0. The summed E-state index contributed by atoms with van der Waals surface area (Å²) >= 11 is 0. The smallest absolute Gasteiger partial charge is 0.0491 e. The monoisotopic (exact) mass is 250 g/mol. The molecule has 0 radical (unpaired) electrons. The third-order valence-electron chi connectivity index (χ3n) is 3.84. The van der Waals surface area contributed by atoms with Gasteiger partial charge in [0.2, 0.25) is 0 Å². The Bertz CT molecular complexity index is 778. The number of fused-ring (bicyclic) bond motifs is 3. The highest BCUT2D eigenvalue weighted by Gasteiger charge is 2.09. The average molecular weight is 250 g/mol. The second-order valence-electron chi connectivity index (χ2n) is 4.80. The fourth-order valence-corrected chi connectivity index (χ4v) is 2.75. The number of aromatic nitrogens is 1. The second kappa shape index (κ2) is 4.54. The van der Waals surface area contributed by atoms with Crippen molar-refractivity contribution < 1.29 is 0 Å². The van der Waals surface area contributed by atoms with Gasteiger partial charge in [-0.2, -0.15) is 0 Å². The highest BCUT2D eigenvalue weighted by molar-refractivity contribution is 6.11. The van der Waals surface area contributed by atoms with Crippen molar-refractivity contribution in [2.75, 3.05) is 7.05 Å². The molecule has 0 spiro atoms. The van der Waals surface area contributed by atoms with Gasteiger partial charge in [0.1, 0.15) is 0 Å². The zero-order valence-electron chi connectivity index (χ0n) is 11.6. The predicted octanol–water partition coefficient (Wildman–Crippen LogP) is 4.25. The summed E-state index contributed by atoms with van der Waals surface area (Å²) in [5, 5.41) is 2.64. The molecule has 0 saturated carbocycles. The van der Waals surface area contributed by atoms with Crippen LogP contribution in [-0.2, 0) is 6.54 Å². The van der Waals surface area contributed by atoms with E-state index in [9.17, 15) is 0 Å². The molecule has 2 aromatic carbocycles. The van der Waals surface area contributed by atoms with Crippen molar-refractivity contribution in [3.63, 3.8) is 0 Å². The molecule has 1 aromatic heterocycles. The Morgan fingerprint density at radius 2 is 1.79 bits per heavy atom. The van der Waals surface area contributed by atoms with Gasteiger partial charge in [-0.25, -0.2) is 0 Å². The van der Waals surface area contributed by atoms with Crippen LogP contribution in [0.3, 0.4) is 0 Å². The summed E-state index contributed by atoms with van der Waals surface area (Å²) in [7, 11) is 1.84. The highest BCUT2D eigenvalue weighted by atomic mass is 15.0. The molecule has 2 heteroatoms. The minimum Gasteiger partial charge on any atom is -0.341 e. The van der Waals surface area contributed by atoms with E-state index in [1.807, 2.05) is 7.05 Å². The van der Waals surface area contributed by atoms with Crippen LogP contribution in [-0.4, -0.2) is 17.3 Å². The lowest BCUT2D eigenvalue weighted by molar-refractivity contribution is 0.827. The molecule has 0 aliphatic rings. The van der Waals surface area contributed by atoms with Gasteiger partial charge in [0.15, 0.2) is 0 Å². The van der Waals surface area contributed by atoms with E-state index in [0.29, 0.717) is 0 Å². The van der Waals surface area contributed by atoms with Crippen molar-refractivity contribution in [2.24, 2.45) is 4.99 Å². The molecule has 0 fully saturated rings. The number of aryl methyl sites for hydroxylation is 1. The second-order valence-corrected chi connectivity index (χ2v) is 4.80. The van der Waals surface area contributed by atoms with Crippen molar-refractivity contribution in [3.8, 4) is 0 Å².